The molecule has 9 heteroatoms. The van der Waals surface area contributed by atoms with Crippen LogP contribution in [0.3, 0.4) is 0 Å². The molecule has 42 heavy (non-hydrogen) atoms. The van der Waals surface area contributed by atoms with E-state index in [4.69, 9.17) is 20.9 Å². The van der Waals surface area contributed by atoms with Gasteiger partial charge in [0.05, 0.1) is 12.0 Å². The SMILES string of the molecule is CNC(C)(C)C.COCC1(C(=O)O)CCN(Cc2ccc(-c3noc(-c4ccc(C5CCCC5)c(Cl)c4)n3)cc2)CC1. The monoisotopic (exact) mass is 596 g/mol. The Labute approximate surface area is 254 Å². The lowest BCUT2D eigenvalue weighted by molar-refractivity contribution is -0.156. The molecule has 0 unspecified atom stereocenters. The molecule has 1 aromatic heterocycles. The van der Waals surface area contributed by atoms with Crippen molar-refractivity contribution in [3.8, 4) is 22.8 Å². The molecule has 1 aliphatic carbocycles. The molecule has 3 aromatic rings. The van der Waals surface area contributed by atoms with Crippen molar-refractivity contribution in [2.24, 2.45) is 5.41 Å². The second kappa shape index (κ2) is 14.1. The van der Waals surface area contributed by atoms with Crippen LogP contribution >= 0.6 is 11.6 Å². The number of carbonyl (C=O) groups is 1. The zero-order chi connectivity index (χ0) is 30.3. The Morgan fingerprint density at radius 2 is 1.74 bits per heavy atom. The third kappa shape index (κ3) is 8.19. The summed E-state index contributed by atoms with van der Waals surface area (Å²) in [4.78, 5) is 18.6. The maximum Gasteiger partial charge on any atom is 0.312 e. The first kappa shape index (κ1) is 32.1. The van der Waals surface area contributed by atoms with Crippen LogP contribution in [0.25, 0.3) is 22.8 Å². The Hall–Kier alpha value is -2.78. The van der Waals surface area contributed by atoms with Crippen LogP contribution in [0, 0.1) is 5.41 Å². The Bertz CT molecular complexity index is 1300. The fourth-order valence-electron chi connectivity index (χ4n) is 5.54. The number of hydrogen-bond acceptors (Lipinski definition) is 7. The van der Waals surface area contributed by atoms with Gasteiger partial charge in [-0.1, -0.05) is 59.9 Å². The van der Waals surface area contributed by atoms with Gasteiger partial charge < -0.3 is 19.7 Å². The number of aliphatic carboxylic acids is 1. The van der Waals surface area contributed by atoms with Gasteiger partial charge in [0.1, 0.15) is 0 Å². The van der Waals surface area contributed by atoms with Gasteiger partial charge in [0.25, 0.3) is 5.89 Å². The van der Waals surface area contributed by atoms with E-state index in [9.17, 15) is 9.90 Å². The smallest absolute Gasteiger partial charge is 0.312 e. The minimum absolute atomic E-state index is 0.258. The van der Waals surface area contributed by atoms with E-state index < -0.39 is 11.4 Å². The Kier molecular flexibility index (Phi) is 10.8. The van der Waals surface area contributed by atoms with E-state index in [-0.39, 0.29) is 6.61 Å². The van der Waals surface area contributed by atoms with Crippen molar-refractivity contribution in [3.63, 3.8) is 0 Å². The number of carboxylic acids is 1. The third-order valence-electron chi connectivity index (χ3n) is 8.52. The minimum atomic E-state index is -0.771. The Balaban J connectivity index is 0.000000612. The predicted octanol–water partition coefficient (Wildman–Crippen LogP) is 7.03. The van der Waals surface area contributed by atoms with Crippen LogP contribution in [0.15, 0.2) is 47.0 Å². The molecule has 2 aromatic carbocycles. The summed E-state index contributed by atoms with van der Waals surface area (Å²) in [6, 6.07) is 14.2. The number of nitrogens with zero attached hydrogens (tertiary/aromatic N) is 3. The van der Waals surface area contributed by atoms with Crippen LogP contribution in [0.4, 0.5) is 0 Å². The topological polar surface area (TPSA) is 101 Å². The Morgan fingerprint density at radius 1 is 1.12 bits per heavy atom. The second-order valence-corrected chi connectivity index (χ2v) is 13.0. The van der Waals surface area contributed by atoms with Gasteiger partial charge in [0, 0.05) is 35.3 Å². The lowest BCUT2D eigenvalue weighted by atomic mass is 9.79. The second-order valence-electron chi connectivity index (χ2n) is 12.6. The predicted molar refractivity (Wildman–Crippen MR) is 167 cm³/mol. The van der Waals surface area contributed by atoms with Gasteiger partial charge in [-0.05, 0) is 95.8 Å². The molecule has 0 amide bonds. The molecule has 1 saturated carbocycles. The number of piperidine rings is 1. The number of carboxylic acid groups (broad SMARTS) is 1. The van der Waals surface area contributed by atoms with Crippen LogP contribution < -0.4 is 5.32 Å². The van der Waals surface area contributed by atoms with Crippen molar-refractivity contribution in [3.05, 3.63) is 58.6 Å². The molecule has 8 nitrogen and oxygen atoms in total. The number of nitrogens with one attached hydrogen (secondary N) is 1. The van der Waals surface area contributed by atoms with Crippen molar-refractivity contribution in [2.45, 2.75) is 77.3 Å². The van der Waals surface area contributed by atoms with E-state index in [0.29, 0.717) is 36.0 Å². The average Bonchev–Trinajstić information content (AvgIpc) is 3.68. The third-order valence-corrected chi connectivity index (χ3v) is 8.85. The van der Waals surface area contributed by atoms with Crippen molar-refractivity contribution in [1.29, 1.82) is 0 Å². The van der Waals surface area contributed by atoms with Crippen molar-refractivity contribution >= 4 is 17.6 Å². The van der Waals surface area contributed by atoms with Gasteiger partial charge in [-0.25, -0.2) is 0 Å². The number of methoxy groups -OCH3 is 1. The fourth-order valence-corrected chi connectivity index (χ4v) is 5.87. The molecule has 2 fully saturated rings. The zero-order valence-electron chi connectivity index (χ0n) is 25.6. The summed E-state index contributed by atoms with van der Waals surface area (Å²) in [5.41, 5.74) is 3.60. The summed E-state index contributed by atoms with van der Waals surface area (Å²) in [5, 5.41) is 17.7. The van der Waals surface area contributed by atoms with Gasteiger partial charge in [-0.15, -0.1) is 0 Å². The molecule has 0 bridgehead atoms. The summed E-state index contributed by atoms with van der Waals surface area (Å²) >= 11 is 6.60. The number of aromatic nitrogens is 2. The maximum atomic E-state index is 11.8. The molecule has 2 heterocycles. The highest BCUT2D eigenvalue weighted by molar-refractivity contribution is 6.31. The van der Waals surface area contributed by atoms with Gasteiger partial charge in [0.15, 0.2) is 0 Å². The van der Waals surface area contributed by atoms with E-state index in [1.165, 1.54) is 31.2 Å². The first-order chi connectivity index (χ1) is 20.0. The van der Waals surface area contributed by atoms with Crippen LogP contribution in [0.1, 0.15) is 76.3 Å². The molecule has 0 spiro atoms. The summed E-state index contributed by atoms with van der Waals surface area (Å²) in [6.07, 6.45) is 6.12. The number of hydrogen-bond donors (Lipinski definition) is 2. The van der Waals surface area contributed by atoms with Crippen molar-refractivity contribution < 1.29 is 19.2 Å². The Morgan fingerprint density at radius 3 is 2.29 bits per heavy atom. The lowest BCUT2D eigenvalue weighted by Gasteiger charge is -2.38. The van der Waals surface area contributed by atoms with Gasteiger partial charge in [0.2, 0.25) is 5.82 Å². The maximum absolute atomic E-state index is 11.8. The van der Waals surface area contributed by atoms with Gasteiger partial charge >= 0.3 is 5.97 Å². The van der Waals surface area contributed by atoms with Crippen LogP contribution in [-0.2, 0) is 16.1 Å². The lowest BCUT2D eigenvalue weighted by Crippen LogP contribution is -2.46. The van der Waals surface area contributed by atoms with Crippen LogP contribution in [-0.4, -0.2) is 65.5 Å². The number of rotatable bonds is 8. The van der Waals surface area contributed by atoms with E-state index >= 15 is 0 Å². The largest absolute Gasteiger partial charge is 0.481 e. The van der Waals surface area contributed by atoms with E-state index in [1.807, 2.05) is 31.3 Å². The summed E-state index contributed by atoms with van der Waals surface area (Å²) in [7, 11) is 3.52. The number of ether oxygens (including phenoxy) is 1. The van der Waals surface area contributed by atoms with Crippen LogP contribution in [0.2, 0.25) is 5.02 Å². The number of likely N-dealkylation sites (tertiary alicyclic amines) is 1. The molecule has 1 saturated heterocycles. The molecular weight excluding hydrogens is 552 g/mol. The molecule has 0 radical (unpaired) electrons. The molecule has 5 rings (SSSR count). The highest BCUT2D eigenvalue weighted by Crippen LogP contribution is 2.39. The van der Waals surface area contributed by atoms with E-state index in [0.717, 1.165) is 41.3 Å². The van der Waals surface area contributed by atoms with Gasteiger partial charge in [-0.3, -0.25) is 9.69 Å². The van der Waals surface area contributed by atoms with E-state index in [1.54, 1.807) is 7.11 Å². The first-order valence-corrected chi connectivity index (χ1v) is 15.3. The minimum Gasteiger partial charge on any atom is -0.481 e. The first-order valence-electron chi connectivity index (χ1n) is 14.9. The summed E-state index contributed by atoms with van der Waals surface area (Å²) < 4.78 is 10.7. The van der Waals surface area contributed by atoms with Crippen molar-refractivity contribution in [1.82, 2.24) is 20.4 Å². The van der Waals surface area contributed by atoms with E-state index in [2.05, 4.69) is 59.3 Å². The standard InChI is InChI=1S/C28H32ClN3O4.C5H13N/c1-35-18-28(27(33)34)12-14-32(15-13-28)17-19-6-8-21(9-7-19)25-30-26(36-31-25)22-10-11-23(24(29)16-22)20-4-2-3-5-20;1-5(2,3)6-4/h6-11,16,20H,2-5,12-15,17-18H2,1H3,(H,33,34);6H,1-4H3. The number of benzene rings is 2. The molecule has 228 valence electrons. The number of halogens is 1. The highest BCUT2D eigenvalue weighted by atomic mass is 35.5. The van der Waals surface area contributed by atoms with Crippen LogP contribution in [0.5, 0.6) is 0 Å². The quantitative estimate of drug-likeness (QED) is 0.286. The normalized spacial score (nSPS) is 17.6. The highest BCUT2D eigenvalue weighted by Gasteiger charge is 2.41. The van der Waals surface area contributed by atoms with Gasteiger partial charge in [-0.2, -0.15) is 4.98 Å². The summed E-state index contributed by atoms with van der Waals surface area (Å²) in [5.74, 6) is 0.787. The molecule has 1 aliphatic heterocycles. The molecule has 0 atom stereocenters. The molecule has 2 N–H and O–H groups in total. The summed E-state index contributed by atoms with van der Waals surface area (Å²) in [6.45, 7) is 8.88. The average molecular weight is 597 g/mol. The van der Waals surface area contributed by atoms with Crippen molar-refractivity contribution in [2.75, 3.05) is 33.9 Å². The fraction of sp³-hybridized carbons (Fsp3) is 0.545. The molecular formula is C33H45ClN4O4. The molecule has 2 aliphatic rings. The zero-order valence-corrected chi connectivity index (χ0v) is 26.3.